The van der Waals surface area contributed by atoms with Crippen LogP contribution >= 0.6 is 23.1 Å². The average molecular weight is 486 g/mol. The quantitative estimate of drug-likeness (QED) is 0.545. The molecule has 0 unspecified atom stereocenters. The number of fused-ring (bicyclic) bond motifs is 1. The Morgan fingerprint density at radius 2 is 2.06 bits per heavy atom. The summed E-state index contributed by atoms with van der Waals surface area (Å²) in [5.74, 6) is -1.12. The molecule has 0 radical (unpaired) electrons. The lowest BCUT2D eigenvalue weighted by molar-refractivity contribution is -0.139. The van der Waals surface area contributed by atoms with Crippen LogP contribution < -0.4 is 5.32 Å². The van der Waals surface area contributed by atoms with Gasteiger partial charge in [0.15, 0.2) is 5.17 Å². The molecule has 172 valence electrons. The Balaban J connectivity index is 1.58. The Labute approximate surface area is 200 Å². The molecular weight excluding hydrogens is 461 g/mol. The summed E-state index contributed by atoms with van der Waals surface area (Å²) >= 11 is 3.01. The molecule has 2 aliphatic rings. The maximum Gasteiger partial charge on any atom is 0.338 e. The topological polar surface area (TPSA) is 71.0 Å². The van der Waals surface area contributed by atoms with Crippen LogP contribution in [0.1, 0.15) is 36.8 Å². The number of carbonyl (C=O) groups is 2. The molecule has 6 nitrogen and oxygen atoms in total. The highest BCUT2D eigenvalue weighted by Gasteiger charge is 2.42. The largest absolute Gasteiger partial charge is 0.463 e. The van der Waals surface area contributed by atoms with E-state index in [1.807, 2.05) is 22.9 Å². The summed E-state index contributed by atoms with van der Waals surface area (Å²) < 4.78 is 20.2. The third-order valence-electron chi connectivity index (χ3n) is 5.31. The summed E-state index contributed by atoms with van der Waals surface area (Å²) in [4.78, 5) is 33.1. The highest BCUT2D eigenvalue weighted by molar-refractivity contribution is 8.16. The van der Waals surface area contributed by atoms with Crippen LogP contribution in [0, 0.1) is 5.82 Å². The number of nitrogens with one attached hydrogen (secondary N) is 1. The molecule has 0 saturated heterocycles. The summed E-state index contributed by atoms with van der Waals surface area (Å²) in [6, 6.07) is 9.60. The number of esters is 1. The number of rotatable bonds is 8. The minimum absolute atomic E-state index is 0.0938. The van der Waals surface area contributed by atoms with Crippen LogP contribution in [0.15, 0.2) is 69.1 Å². The number of nitrogens with zero attached hydrogens (tertiary/aromatic N) is 2. The van der Waals surface area contributed by atoms with Crippen LogP contribution in [0.4, 0.5) is 4.39 Å². The fourth-order valence-electron chi connectivity index (χ4n) is 3.84. The van der Waals surface area contributed by atoms with Gasteiger partial charge < -0.3 is 15.0 Å². The molecule has 1 atom stereocenters. The lowest BCUT2D eigenvalue weighted by atomic mass is 9.93. The van der Waals surface area contributed by atoms with E-state index in [4.69, 9.17) is 4.74 Å². The van der Waals surface area contributed by atoms with Crippen molar-refractivity contribution >= 4 is 40.1 Å². The standard InChI is InChI=1S/C24H24FN3O3S2/c1-3-31-23(30)21-15(2)27-24-28(22(21)18-8-4-5-9-19(18)25)16(14-33-24)13-20(29)26-11-10-17-7-6-12-32-17/h4-9,12,14,22H,3,10-11,13H2,1-2H3,(H,26,29)/t22-/m0/s1. The van der Waals surface area contributed by atoms with Crippen molar-refractivity contribution in [2.24, 2.45) is 4.99 Å². The summed E-state index contributed by atoms with van der Waals surface area (Å²) in [6.07, 6.45) is 0.858. The molecule has 0 fully saturated rings. The summed E-state index contributed by atoms with van der Waals surface area (Å²) in [7, 11) is 0. The predicted octanol–water partition coefficient (Wildman–Crippen LogP) is 4.77. The molecule has 9 heteroatoms. The fraction of sp³-hybridized carbons (Fsp3) is 0.292. The van der Waals surface area contributed by atoms with Gasteiger partial charge >= 0.3 is 5.97 Å². The monoisotopic (exact) mass is 485 g/mol. The third-order valence-corrected chi connectivity index (χ3v) is 7.14. The molecule has 0 aliphatic carbocycles. The molecule has 0 saturated carbocycles. The zero-order valence-corrected chi connectivity index (χ0v) is 20.0. The van der Waals surface area contributed by atoms with Gasteiger partial charge in [-0.25, -0.2) is 14.2 Å². The fourth-order valence-corrected chi connectivity index (χ4v) is 5.51. The van der Waals surface area contributed by atoms with E-state index in [9.17, 15) is 14.0 Å². The number of thiophene rings is 1. The molecule has 3 heterocycles. The molecule has 1 N–H and O–H groups in total. The van der Waals surface area contributed by atoms with E-state index in [-0.39, 0.29) is 24.5 Å². The van der Waals surface area contributed by atoms with Crippen LogP contribution in [0.3, 0.4) is 0 Å². The van der Waals surface area contributed by atoms with E-state index in [2.05, 4.69) is 10.3 Å². The Bertz CT molecular complexity index is 1140. The van der Waals surface area contributed by atoms with Gasteiger partial charge in [-0.3, -0.25) is 4.79 Å². The summed E-state index contributed by atoms with van der Waals surface area (Å²) in [6.45, 7) is 4.17. The van der Waals surface area contributed by atoms with Crippen molar-refractivity contribution in [1.29, 1.82) is 0 Å². The molecule has 1 aromatic heterocycles. The normalized spacial score (nSPS) is 17.4. The molecule has 4 rings (SSSR count). The second-order valence-electron chi connectivity index (χ2n) is 7.49. The molecule has 1 amide bonds. The van der Waals surface area contributed by atoms with E-state index < -0.39 is 17.8 Å². The van der Waals surface area contributed by atoms with Gasteiger partial charge in [-0.1, -0.05) is 36.0 Å². The van der Waals surface area contributed by atoms with Gasteiger partial charge in [0.1, 0.15) is 5.82 Å². The number of benzene rings is 1. The first-order valence-corrected chi connectivity index (χ1v) is 12.4. The number of amidine groups is 1. The van der Waals surface area contributed by atoms with Gasteiger partial charge in [0, 0.05) is 22.7 Å². The molecular formula is C24H24FN3O3S2. The van der Waals surface area contributed by atoms with Gasteiger partial charge in [-0.05, 0) is 43.2 Å². The van der Waals surface area contributed by atoms with Crippen LogP contribution in [-0.2, 0) is 20.7 Å². The van der Waals surface area contributed by atoms with E-state index in [0.717, 1.165) is 6.42 Å². The maximum absolute atomic E-state index is 14.9. The minimum Gasteiger partial charge on any atom is -0.463 e. The number of thioether (sulfide) groups is 1. The lowest BCUT2D eigenvalue weighted by Gasteiger charge is -2.36. The lowest BCUT2D eigenvalue weighted by Crippen LogP contribution is -2.38. The van der Waals surface area contributed by atoms with Crippen LogP contribution in [0.5, 0.6) is 0 Å². The van der Waals surface area contributed by atoms with Crippen LogP contribution in [0.2, 0.25) is 0 Å². The highest BCUT2D eigenvalue weighted by Crippen LogP contribution is 2.45. The second kappa shape index (κ2) is 10.4. The summed E-state index contributed by atoms with van der Waals surface area (Å²) in [5.41, 5.74) is 1.75. The first kappa shape index (κ1) is 23.3. The number of halogens is 1. The molecule has 0 bridgehead atoms. The highest BCUT2D eigenvalue weighted by atomic mass is 32.2. The molecule has 33 heavy (non-hydrogen) atoms. The van der Waals surface area contributed by atoms with Crippen LogP contribution in [-0.4, -0.2) is 35.1 Å². The van der Waals surface area contributed by atoms with Gasteiger partial charge in [0.05, 0.1) is 30.3 Å². The molecule has 0 spiro atoms. The van der Waals surface area contributed by atoms with Gasteiger partial charge in [0.25, 0.3) is 0 Å². The Morgan fingerprint density at radius 1 is 1.24 bits per heavy atom. The Hall–Kier alpha value is -2.91. The SMILES string of the molecule is CCOC(=O)C1=C(C)N=C2SC=C(CC(=O)NCCc3cccs3)N2[C@H]1c1ccccc1F. The molecule has 1 aromatic carbocycles. The van der Waals surface area contributed by atoms with E-state index in [1.165, 1.54) is 22.7 Å². The van der Waals surface area contributed by atoms with Gasteiger partial charge in [-0.2, -0.15) is 0 Å². The van der Waals surface area contributed by atoms with Crippen molar-refractivity contribution in [2.45, 2.75) is 32.7 Å². The average Bonchev–Trinajstić information content (AvgIpc) is 3.44. The molecule has 2 aliphatic heterocycles. The first-order chi connectivity index (χ1) is 16.0. The number of carbonyl (C=O) groups excluding carboxylic acids is 2. The zero-order chi connectivity index (χ0) is 23.4. The van der Waals surface area contributed by atoms with Crippen molar-refractivity contribution in [3.05, 3.63) is 80.4 Å². The summed E-state index contributed by atoms with van der Waals surface area (Å²) in [5, 5.41) is 7.40. The zero-order valence-electron chi connectivity index (χ0n) is 18.3. The van der Waals surface area contributed by atoms with Crippen LogP contribution in [0.25, 0.3) is 0 Å². The van der Waals surface area contributed by atoms with Crippen molar-refractivity contribution < 1.29 is 18.7 Å². The van der Waals surface area contributed by atoms with Gasteiger partial charge in [-0.15, -0.1) is 11.3 Å². The number of ether oxygens (including phenoxy) is 1. The predicted molar refractivity (Wildman–Crippen MR) is 129 cm³/mol. The number of hydrogen-bond acceptors (Lipinski definition) is 7. The Kier molecular flexibility index (Phi) is 7.29. The van der Waals surface area contributed by atoms with E-state index in [0.29, 0.717) is 28.7 Å². The Morgan fingerprint density at radius 3 is 2.79 bits per heavy atom. The third kappa shape index (κ3) is 5.04. The number of allylic oxidation sites excluding steroid dienone is 1. The van der Waals surface area contributed by atoms with Crippen molar-refractivity contribution in [3.63, 3.8) is 0 Å². The van der Waals surface area contributed by atoms with Crippen molar-refractivity contribution in [2.75, 3.05) is 13.2 Å². The maximum atomic E-state index is 14.9. The van der Waals surface area contributed by atoms with Crippen molar-refractivity contribution in [3.8, 4) is 0 Å². The van der Waals surface area contributed by atoms with E-state index >= 15 is 0 Å². The van der Waals surface area contributed by atoms with Crippen molar-refractivity contribution in [1.82, 2.24) is 10.2 Å². The number of amides is 1. The second-order valence-corrected chi connectivity index (χ2v) is 9.36. The van der Waals surface area contributed by atoms with E-state index in [1.54, 1.807) is 48.3 Å². The smallest absolute Gasteiger partial charge is 0.338 e. The first-order valence-electron chi connectivity index (χ1n) is 10.6. The number of aliphatic imine (C=N–C) groups is 1. The van der Waals surface area contributed by atoms with Gasteiger partial charge in [0.2, 0.25) is 5.91 Å². The molecule has 2 aromatic rings. The number of hydrogen-bond donors (Lipinski definition) is 1. The minimum atomic E-state index is -0.766.